The number of amides is 1. The number of anilines is 1. The lowest BCUT2D eigenvalue weighted by molar-refractivity contribution is -0.115. The number of benzene rings is 1. The van der Waals surface area contributed by atoms with Crippen LogP contribution in [-0.4, -0.2) is 30.6 Å². The number of carbonyl (C=O) groups excluding carboxylic acids is 1. The lowest BCUT2D eigenvalue weighted by Crippen LogP contribution is -2.14. The van der Waals surface area contributed by atoms with E-state index in [-0.39, 0.29) is 12.3 Å². The van der Waals surface area contributed by atoms with Gasteiger partial charge in [-0.05, 0) is 32.1 Å². The number of thiazole rings is 2. The minimum Gasteiger partial charge on any atom is -0.302 e. The molecule has 0 aliphatic heterocycles. The molecule has 7 nitrogen and oxygen atoms in total. The van der Waals surface area contributed by atoms with Crippen molar-refractivity contribution in [3.8, 4) is 21.3 Å². The van der Waals surface area contributed by atoms with Crippen LogP contribution in [0.15, 0.2) is 42.3 Å². The van der Waals surface area contributed by atoms with Crippen LogP contribution in [0.25, 0.3) is 21.3 Å². The fourth-order valence-electron chi connectivity index (χ4n) is 3.07. The van der Waals surface area contributed by atoms with Gasteiger partial charge in [0.1, 0.15) is 5.01 Å². The molecule has 0 spiro atoms. The van der Waals surface area contributed by atoms with E-state index in [4.69, 9.17) is 12.2 Å². The molecule has 4 aromatic rings. The molecule has 0 bridgehead atoms. The van der Waals surface area contributed by atoms with Gasteiger partial charge in [0, 0.05) is 17.5 Å². The van der Waals surface area contributed by atoms with Gasteiger partial charge in [-0.15, -0.1) is 17.9 Å². The van der Waals surface area contributed by atoms with Crippen LogP contribution < -0.4 is 5.32 Å². The number of allylic oxidation sites excluding steroid dienone is 1. The summed E-state index contributed by atoms with van der Waals surface area (Å²) in [5, 5.41) is 13.3. The van der Waals surface area contributed by atoms with Crippen LogP contribution in [0.2, 0.25) is 0 Å². The highest BCUT2D eigenvalue weighted by Crippen LogP contribution is 2.32. The Morgan fingerprint density at radius 1 is 1.35 bits per heavy atom. The predicted octanol–water partition coefficient (Wildman–Crippen LogP) is 5.17. The van der Waals surface area contributed by atoms with E-state index in [0.29, 0.717) is 22.3 Å². The van der Waals surface area contributed by atoms with E-state index in [9.17, 15) is 4.79 Å². The van der Waals surface area contributed by atoms with Crippen molar-refractivity contribution in [2.24, 2.45) is 0 Å². The number of nitrogens with zero attached hydrogens (tertiary/aromatic N) is 4. The highest BCUT2D eigenvalue weighted by Gasteiger charge is 2.18. The molecule has 0 fully saturated rings. The average molecular weight is 469 g/mol. The Morgan fingerprint density at radius 2 is 2.19 bits per heavy atom. The third kappa shape index (κ3) is 4.71. The lowest BCUT2D eigenvalue weighted by atomic mass is 10.1. The molecule has 0 radical (unpaired) electrons. The number of nitrogens with one attached hydrogen (secondary N) is 2. The summed E-state index contributed by atoms with van der Waals surface area (Å²) in [7, 11) is 0. The molecule has 4 rings (SSSR count). The standard InChI is InChI=1S/C21H20N6OS3/c1-4-8-27-18(25-26-21(27)29)17-13(3)22-20(31-17)24-16(28)10-15-11-30-19(23-15)14-7-5-6-12(2)9-14/h4-7,9,11H,1,8,10H2,2-3H3,(H,26,29)(H,22,24,28). The normalized spacial score (nSPS) is 10.9. The first-order valence-corrected chi connectivity index (χ1v) is 11.6. The van der Waals surface area contributed by atoms with Gasteiger partial charge in [0.25, 0.3) is 0 Å². The molecule has 10 heteroatoms. The summed E-state index contributed by atoms with van der Waals surface area (Å²) in [4.78, 5) is 22.5. The van der Waals surface area contributed by atoms with E-state index < -0.39 is 0 Å². The van der Waals surface area contributed by atoms with Gasteiger partial charge in [0.15, 0.2) is 15.7 Å². The monoisotopic (exact) mass is 468 g/mol. The molecule has 1 amide bonds. The molecule has 0 saturated heterocycles. The van der Waals surface area contributed by atoms with Crippen LogP contribution in [0.5, 0.6) is 0 Å². The predicted molar refractivity (Wildman–Crippen MR) is 128 cm³/mol. The Morgan fingerprint density at radius 3 is 2.97 bits per heavy atom. The number of carbonyl (C=O) groups is 1. The maximum atomic E-state index is 12.6. The number of hydrogen-bond donors (Lipinski definition) is 2. The van der Waals surface area contributed by atoms with Gasteiger partial charge in [0.2, 0.25) is 5.91 Å². The van der Waals surface area contributed by atoms with Gasteiger partial charge >= 0.3 is 0 Å². The van der Waals surface area contributed by atoms with E-state index >= 15 is 0 Å². The fourth-order valence-corrected chi connectivity index (χ4v) is 5.08. The van der Waals surface area contributed by atoms with Crippen molar-refractivity contribution in [1.29, 1.82) is 0 Å². The Bertz CT molecular complexity index is 1310. The summed E-state index contributed by atoms with van der Waals surface area (Å²) in [6.45, 7) is 8.23. The van der Waals surface area contributed by atoms with Gasteiger partial charge in [-0.2, -0.15) is 5.10 Å². The zero-order valence-electron chi connectivity index (χ0n) is 17.0. The molecule has 3 heterocycles. The van der Waals surface area contributed by atoms with Crippen molar-refractivity contribution in [2.45, 2.75) is 26.8 Å². The molecule has 0 atom stereocenters. The van der Waals surface area contributed by atoms with Gasteiger partial charge < -0.3 is 5.32 Å². The first-order chi connectivity index (χ1) is 14.9. The summed E-state index contributed by atoms with van der Waals surface area (Å²) in [5.41, 5.74) is 3.75. The van der Waals surface area contributed by atoms with E-state index in [1.165, 1.54) is 28.2 Å². The van der Waals surface area contributed by atoms with E-state index in [1.807, 2.05) is 42.0 Å². The second-order valence-electron chi connectivity index (χ2n) is 6.92. The summed E-state index contributed by atoms with van der Waals surface area (Å²) < 4.78 is 2.36. The van der Waals surface area contributed by atoms with Crippen molar-refractivity contribution < 1.29 is 4.79 Å². The van der Waals surface area contributed by atoms with Crippen LogP contribution in [0.4, 0.5) is 5.13 Å². The Balaban J connectivity index is 1.47. The molecule has 158 valence electrons. The molecule has 1 aromatic carbocycles. The molecule has 2 N–H and O–H groups in total. The number of aromatic amines is 1. The minimum atomic E-state index is -0.161. The second-order valence-corrected chi connectivity index (χ2v) is 9.17. The van der Waals surface area contributed by atoms with Crippen molar-refractivity contribution in [3.63, 3.8) is 0 Å². The van der Waals surface area contributed by atoms with E-state index in [2.05, 4.69) is 38.1 Å². The Labute approximate surface area is 192 Å². The van der Waals surface area contributed by atoms with Crippen LogP contribution in [0, 0.1) is 18.6 Å². The summed E-state index contributed by atoms with van der Waals surface area (Å²) in [6.07, 6.45) is 1.94. The number of rotatable bonds is 7. The number of H-pyrrole nitrogens is 1. The molecular formula is C21H20N6OS3. The minimum absolute atomic E-state index is 0.161. The molecular weight excluding hydrogens is 448 g/mol. The second kappa shape index (κ2) is 9.04. The van der Waals surface area contributed by atoms with E-state index in [1.54, 1.807) is 6.08 Å². The largest absolute Gasteiger partial charge is 0.302 e. The van der Waals surface area contributed by atoms with Crippen LogP contribution in [-0.2, 0) is 17.8 Å². The van der Waals surface area contributed by atoms with Gasteiger partial charge in [-0.3, -0.25) is 14.5 Å². The van der Waals surface area contributed by atoms with Crippen LogP contribution in [0.1, 0.15) is 17.0 Å². The maximum absolute atomic E-state index is 12.6. The fraction of sp³-hybridized carbons (Fsp3) is 0.190. The van der Waals surface area contributed by atoms with Crippen molar-refractivity contribution in [2.75, 3.05) is 5.32 Å². The first-order valence-electron chi connectivity index (χ1n) is 9.50. The topological polar surface area (TPSA) is 88.5 Å². The third-order valence-electron chi connectivity index (χ3n) is 4.47. The molecule has 0 saturated carbocycles. The highest BCUT2D eigenvalue weighted by atomic mass is 32.1. The van der Waals surface area contributed by atoms with Gasteiger partial charge in [-0.1, -0.05) is 41.2 Å². The number of hydrogen-bond acceptors (Lipinski definition) is 7. The summed E-state index contributed by atoms with van der Waals surface area (Å²) >= 11 is 8.18. The third-order valence-corrected chi connectivity index (χ3v) is 6.80. The van der Waals surface area contributed by atoms with Crippen molar-refractivity contribution in [3.05, 3.63) is 64.0 Å². The van der Waals surface area contributed by atoms with E-state index in [0.717, 1.165) is 26.8 Å². The smallest absolute Gasteiger partial charge is 0.232 e. The van der Waals surface area contributed by atoms with Gasteiger partial charge in [0.05, 0.1) is 22.7 Å². The van der Waals surface area contributed by atoms with Crippen molar-refractivity contribution in [1.82, 2.24) is 24.7 Å². The zero-order valence-corrected chi connectivity index (χ0v) is 19.5. The number of aromatic nitrogens is 5. The summed E-state index contributed by atoms with van der Waals surface area (Å²) in [6, 6.07) is 8.17. The maximum Gasteiger partial charge on any atom is 0.232 e. The van der Waals surface area contributed by atoms with Crippen LogP contribution in [0.3, 0.4) is 0 Å². The Kier molecular flexibility index (Phi) is 6.21. The molecule has 0 aliphatic rings. The first kappa shape index (κ1) is 21.3. The molecule has 31 heavy (non-hydrogen) atoms. The lowest BCUT2D eigenvalue weighted by Gasteiger charge is -2.01. The quantitative estimate of drug-likeness (QED) is 0.288. The number of aryl methyl sites for hydroxylation is 2. The SMILES string of the molecule is C=CCn1c(-c2sc(NC(=O)Cc3csc(-c4cccc(C)c4)n3)nc2C)n[nH]c1=S. The van der Waals surface area contributed by atoms with Crippen molar-refractivity contribution >= 4 is 45.9 Å². The van der Waals surface area contributed by atoms with Crippen LogP contribution >= 0.6 is 34.9 Å². The average Bonchev–Trinajstić information content (AvgIpc) is 3.42. The molecule has 3 aromatic heterocycles. The molecule has 0 unspecified atom stereocenters. The highest BCUT2D eigenvalue weighted by molar-refractivity contribution is 7.71. The zero-order chi connectivity index (χ0) is 22.0. The summed E-state index contributed by atoms with van der Waals surface area (Å²) in [5.74, 6) is 0.522. The molecule has 0 aliphatic carbocycles. The Hall–Kier alpha value is -2.95. The van der Waals surface area contributed by atoms with Gasteiger partial charge in [-0.25, -0.2) is 9.97 Å².